The van der Waals surface area contributed by atoms with Crippen LogP contribution in [0.25, 0.3) is 0 Å². The highest BCUT2D eigenvalue weighted by molar-refractivity contribution is 5.89. The van der Waals surface area contributed by atoms with Crippen LogP contribution in [-0.2, 0) is 9.59 Å². The SMILES string of the molecule is C=C(CC)C(C=O)C(=O)O. The minimum absolute atomic E-state index is 0.397. The molecule has 0 aliphatic carbocycles. The van der Waals surface area contributed by atoms with Gasteiger partial charge in [-0.3, -0.25) is 4.79 Å². The van der Waals surface area contributed by atoms with Gasteiger partial charge in [0.05, 0.1) is 0 Å². The normalized spacial score (nSPS) is 12.1. The Kier molecular flexibility index (Phi) is 3.39. The van der Waals surface area contributed by atoms with Crippen LogP contribution in [0.1, 0.15) is 13.3 Å². The smallest absolute Gasteiger partial charge is 0.317 e. The van der Waals surface area contributed by atoms with E-state index in [1.807, 2.05) is 0 Å². The molecule has 0 saturated heterocycles. The Balaban J connectivity index is 4.20. The lowest BCUT2D eigenvalue weighted by Gasteiger charge is -2.04. The molecular formula is C7H10O3. The van der Waals surface area contributed by atoms with E-state index >= 15 is 0 Å². The summed E-state index contributed by atoms with van der Waals surface area (Å²) in [4.78, 5) is 20.3. The Morgan fingerprint density at radius 3 is 2.40 bits per heavy atom. The molecule has 56 valence electrons. The summed E-state index contributed by atoms with van der Waals surface area (Å²) < 4.78 is 0. The maximum absolute atomic E-state index is 10.2. The van der Waals surface area contributed by atoms with Crippen LogP contribution in [0.2, 0.25) is 0 Å². The zero-order valence-corrected chi connectivity index (χ0v) is 5.83. The molecule has 0 aromatic carbocycles. The van der Waals surface area contributed by atoms with Gasteiger partial charge in [0, 0.05) is 0 Å². The van der Waals surface area contributed by atoms with E-state index < -0.39 is 11.9 Å². The third-order valence-corrected chi connectivity index (χ3v) is 1.30. The number of hydrogen-bond donors (Lipinski definition) is 1. The molecule has 0 heterocycles. The van der Waals surface area contributed by atoms with Crippen molar-refractivity contribution in [3.05, 3.63) is 12.2 Å². The second kappa shape index (κ2) is 3.82. The first kappa shape index (κ1) is 8.88. The summed E-state index contributed by atoms with van der Waals surface area (Å²) >= 11 is 0. The van der Waals surface area contributed by atoms with Crippen LogP contribution >= 0.6 is 0 Å². The lowest BCUT2D eigenvalue weighted by Crippen LogP contribution is -2.16. The molecule has 0 aromatic rings. The number of carbonyl (C=O) groups excluding carboxylic acids is 1. The molecule has 0 bridgehead atoms. The van der Waals surface area contributed by atoms with Crippen molar-refractivity contribution in [3.8, 4) is 0 Å². The Morgan fingerprint density at radius 2 is 2.30 bits per heavy atom. The van der Waals surface area contributed by atoms with Gasteiger partial charge in [0.25, 0.3) is 0 Å². The van der Waals surface area contributed by atoms with Gasteiger partial charge in [-0.25, -0.2) is 0 Å². The van der Waals surface area contributed by atoms with E-state index in [9.17, 15) is 9.59 Å². The zero-order chi connectivity index (χ0) is 8.15. The van der Waals surface area contributed by atoms with E-state index in [1.54, 1.807) is 6.92 Å². The van der Waals surface area contributed by atoms with E-state index in [-0.39, 0.29) is 0 Å². The predicted octanol–water partition coefficient (Wildman–Crippen LogP) is 0.852. The highest BCUT2D eigenvalue weighted by atomic mass is 16.4. The minimum atomic E-state index is -1.12. The Labute approximate surface area is 59.4 Å². The van der Waals surface area contributed by atoms with Crippen molar-refractivity contribution in [3.63, 3.8) is 0 Å². The number of rotatable bonds is 4. The molecule has 0 rings (SSSR count). The number of aldehydes is 1. The second-order valence-corrected chi connectivity index (χ2v) is 1.96. The van der Waals surface area contributed by atoms with Crippen LogP contribution in [-0.4, -0.2) is 17.4 Å². The fraction of sp³-hybridized carbons (Fsp3) is 0.429. The number of carboxylic acid groups (broad SMARTS) is 1. The highest BCUT2D eigenvalue weighted by Gasteiger charge is 2.17. The molecule has 0 spiro atoms. The van der Waals surface area contributed by atoms with Crippen LogP contribution in [0.3, 0.4) is 0 Å². The monoisotopic (exact) mass is 142 g/mol. The van der Waals surface area contributed by atoms with Crippen LogP contribution in [0.4, 0.5) is 0 Å². The maximum Gasteiger partial charge on any atom is 0.317 e. The first-order valence-corrected chi connectivity index (χ1v) is 2.99. The van der Waals surface area contributed by atoms with Crippen molar-refractivity contribution in [2.75, 3.05) is 0 Å². The van der Waals surface area contributed by atoms with Gasteiger partial charge in [0.1, 0.15) is 12.2 Å². The maximum atomic E-state index is 10.2. The highest BCUT2D eigenvalue weighted by Crippen LogP contribution is 2.09. The molecule has 3 nitrogen and oxygen atoms in total. The molecular weight excluding hydrogens is 132 g/mol. The predicted molar refractivity (Wildman–Crippen MR) is 36.6 cm³/mol. The average molecular weight is 142 g/mol. The van der Waals surface area contributed by atoms with Crippen molar-refractivity contribution in [2.24, 2.45) is 5.92 Å². The molecule has 0 fully saturated rings. The summed E-state index contributed by atoms with van der Waals surface area (Å²) in [6, 6.07) is 0. The largest absolute Gasteiger partial charge is 0.480 e. The van der Waals surface area contributed by atoms with E-state index in [0.717, 1.165) is 0 Å². The zero-order valence-electron chi connectivity index (χ0n) is 5.83. The molecule has 1 atom stereocenters. The average Bonchev–Trinajstić information content (AvgIpc) is 1.88. The van der Waals surface area contributed by atoms with Crippen molar-refractivity contribution < 1.29 is 14.7 Å². The van der Waals surface area contributed by atoms with Crippen molar-refractivity contribution in [1.29, 1.82) is 0 Å². The molecule has 0 aliphatic rings. The van der Waals surface area contributed by atoms with Gasteiger partial charge in [-0.2, -0.15) is 0 Å². The van der Waals surface area contributed by atoms with Gasteiger partial charge in [-0.15, -0.1) is 0 Å². The number of hydrogen-bond acceptors (Lipinski definition) is 2. The molecule has 1 unspecified atom stereocenters. The summed E-state index contributed by atoms with van der Waals surface area (Å²) in [5, 5.41) is 8.38. The lowest BCUT2D eigenvalue weighted by molar-refractivity contribution is -0.142. The van der Waals surface area contributed by atoms with Crippen molar-refractivity contribution in [2.45, 2.75) is 13.3 Å². The quantitative estimate of drug-likeness (QED) is 0.359. The van der Waals surface area contributed by atoms with Gasteiger partial charge < -0.3 is 9.90 Å². The molecule has 0 amide bonds. The number of carboxylic acids is 1. The standard InChI is InChI=1S/C7H10O3/c1-3-5(2)6(4-8)7(9)10/h4,6H,2-3H2,1H3,(H,9,10). The molecule has 0 aliphatic heterocycles. The second-order valence-electron chi connectivity index (χ2n) is 1.96. The topological polar surface area (TPSA) is 54.4 Å². The van der Waals surface area contributed by atoms with Crippen LogP contribution in [0.5, 0.6) is 0 Å². The fourth-order valence-corrected chi connectivity index (χ4v) is 0.549. The fourth-order valence-electron chi connectivity index (χ4n) is 0.549. The van der Waals surface area contributed by atoms with Crippen LogP contribution in [0.15, 0.2) is 12.2 Å². The number of carbonyl (C=O) groups is 2. The Hall–Kier alpha value is -1.12. The molecule has 10 heavy (non-hydrogen) atoms. The summed E-state index contributed by atoms with van der Waals surface area (Å²) in [6.07, 6.45) is 0.921. The third-order valence-electron chi connectivity index (χ3n) is 1.30. The van der Waals surface area contributed by atoms with Gasteiger partial charge in [-0.05, 0) is 6.42 Å². The van der Waals surface area contributed by atoms with E-state index in [2.05, 4.69) is 6.58 Å². The van der Waals surface area contributed by atoms with Gasteiger partial charge in [0.15, 0.2) is 0 Å². The lowest BCUT2D eigenvalue weighted by atomic mass is 10.0. The first-order valence-electron chi connectivity index (χ1n) is 2.99. The van der Waals surface area contributed by atoms with Crippen LogP contribution < -0.4 is 0 Å². The van der Waals surface area contributed by atoms with Crippen molar-refractivity contribution in [1.82, 2.24) is 0 Å². The first-order chi connectivity index (χ1) is 4.63. The summed E-state index contributed by atoms with van der Waals surface area (Å²) in [7, 11) is 0. The summed E-state index contributed by atoms with van der Waals surface area (Å²) in [6.45, 7) is 5.22. The molecule has 0 aromatic heterocycles. The summed E-state index contributed by atoms with van der Waals surface area (Å²) in [5.41, 5.74) is 0.447. The van der Waals surface area contributed by atoms with Crippen LogP contribution in [0, 0.1) is 5.92 Å². The Morgan fingerprint density at radius 1 is 1.80 bits per heavy atom. The molecule has 1 N–H and O–H groups in total. The number of aliphatic carboxylic acids is 1. The Bertz CT molecular complexity index is 160. The molecule has 3 heteroatoms. The third kappa shape index (κ3) is 2.01. The van der Waals surface area contributed by atoms with Gasteiger partial charge in [-0.1, -0.05) is 19.1 Å². The van der Waals surface area contributed by atoms with Gasteiger partial charge in [0.2, 0.25) is 0 Å². The molecule has 0 saturated carbocycles. The van der Waals surface area contributed by atoms with E-state index in [1.165, 1.54) is 0 Å². The molecule has 0 radical (unpaired) electrons. The van der Waals surface area contributed by atoms with Gasteiger partial charge >= 0.3 is 5.97 Å². The minimum Gasteiger partial charge on any atom is -0.480 e. The van der Waals surface area contributed by atoms with E-state index in [0.29, 0.717) is 18.3 Å². The van der Waals surface area contributed by atoms with E-state index in [4.69, 9.17) is 5.11 Å². The summed E-state index contributed by atoms with van der Waals surface area (Å²) in [5.74, 6) is -2.15. The van der Waals surface area contributed by atoms with Crippen molar-refractivity contribution >= 4 is 12.3 Å².